The normalized spacial score (nSPS) is 32.8. The minimum atomic E-state index is -2.88. The van der Waals surface area contributed by atoms with Gasteiger partial charge in [0, 0.05) is 19.0 Å². The molecule has 2 amide bonds. The molecule has 0 spiro atoms. The Balaban J connectivity index is 1.18. The first kappa shape index (κ1) is 24.1. The molecule has 4 aliphatic rings. The quantitative estimate of drug-likeness (QED) is 0.520. The fraction of sp³-hybridized carbons (Fsp3) is 0.652. The highest BCUT2D eigenvalue weighted by Crippen LogP contribution is 2.58. The van der Waals surface area contributed by atoms with Crippen LogP contribution in [0.3, 0.4) is 0 Å². The summed E-state index contributed by atoms with van der Waals surface area (Å²) in [4.78, 5) is 25.1. The van der Waals surface area contributed by atoms with E-state index in [2.05, 4.69) is 15.4 Å². The molecular weight excluding hydrogens is 461 g/mol. The Hall–Kier alpha value is -2.00. The number of carbonyl (C=O) groups is 2. The molecule has 0 radical (unpaired) electrons. The van der Waals surface area contributed by atoms with E-state index in [1.807, 2.05) is 0 Å². The maximum Gasteiger partial charge on any atom is 0.387 e. The lowest BCUT2D eigenvalue weighted by molar-refractivity contribution is -0.135. The average molecular weight is 489 g/mol. The zero-order chi connectivity index (χ0) is 23.6. The van der Waals surface area contributed by atoms with Crippen LogP contribution in [0, 0.1) is 11.3 Å². The van der Waals surface area contributed by atoms with E-state index in [4.69, 9.17) is 16.3 Å². The highest BCUT2D eigenvalue weighted by atomic mass is 35.5. The summed E-state index contributed by atoms with van der Waals surface area (Å²) in [6, 6.07) is 6.04. The Kier molecular flexibility index (Phi) is 7.38. The second-order valence-corrected chi connectivity index (χ2v) is 9.87. The number of rotatable bonds is 9. The van der Waals surface area contributed by atoms with Crippen molar-refractivity contribution in [1.29, 1.82) is 0 Å². The maximum absolute atomic E-state index is 13.7. The summed E-state index contributed by atoms with van der Waals surface area (Å²) in [6.45, 7) is -2.72. The van der Waals surface area contributed by atoms with Gasteiger partial charge in [0.1, 0.15) is 18.5 Å². The van der Waals surface area contributed by atoms with Crippen LogP contribution < -0.4 is 15.4 Å². The number of ether oxygens (including phenoxy) is 2. The van der Waals surface area contributed by atoms with Crippen molar-refractivity contribution in [2.24, 2.45) is 11.3 Å². The molecule has 6 nitrogen and oxygen atoms in total. The van der Waals surface area contributed by atoms with Crippen molar-refractivity contribution in [3.8, 4) is 5.75 Å². The van der Waals surface area contributed by atoms with Gasteiger partial charge in [0.25, 0.3) is 0 Å². The Labute approximate surface area is 195 Å². The largest absolute Gasteiger partial charge is 0.435 e. The summed E-state index contributed by atoms with van der Waals surface area (Å²) in [5.41, 5.74) is 0.290. The second-order valence-electron chi connectivity index (χ2n) is 9.31. The van der Waals surface area contributed by atoms with Crippen LogP contribution in [0.5, 0.6) is 5.75 Å². The SMILES string of the molecule is O=C(COC1CC[C@@H](Cl)C(F)C1)NC1CC2(C(=O)NCc3ccc(OC(F)F)cc3)CC1C2. The predicted molar refractivity (Wildman–Crippen MR) is 115 cm³/mol. The second kappa shape index (κ2) is 10.1. The lowest BCUT2D eigenvalue weighted by atomic mass is 9.69. The minimum Gasteiger partial charge on any atom is -0.435 e. The molecule has 4 aliphatic carbocycles. The zero-order valence-electron chi connectivity index (χ0n) is 18.1. The summed E-state index contributed by atoms with van der Waals surface area (Å²) >= 11 is 5.88. The molecule has 0 saturated heterocycles. The molecular formula is C23H28ClF3N2O4. The van der Waals surface area contributed by atoms with E-state index in [9.17, 15) is 22.8 Å². The van der Waals surface area contributed by atoms with E-state index in [0.29, 0.717) is 19.3 Å². The number of carbonyl (C=O) groups excluding carboxylic acids is 2. The molecule has 182 valence electrons. The van der Waals surface area contributed by atoms with E-state index in [1.54, 1.807) is 12.1 Å². The minimum absolute atomic E-state index is 0.0634. The molecule has 4 atom stereocenters. The Morgan fingerprint density at radius 3 is 2.55 bits per heavy atom. The Bertz CT molecular complexity index is 851. The standard InChI is InChI=1S/C23H28ClF3N2O4/c24-17-6-5-16(7-18(17)25)32-12-20(30)29-19-10-23(8-14(19)9-23)21(31)28-11-13-1-3-15(4-2-13)33-22(26)27/h1-4,14,16-19,22H,5-12H2,(H,28,31)(H,29,30)/t14?,16?,17-,18?,19?,23?/m1/s1. The molecule has 4 fully saturated rings. The third-order valence-corrected chi connectivity index (χ3v) is 7.50. The molecule has 1 aromatic rings. The van der Waals surface area contributed by atoms with Gasteiger partial charge in [-0.15, -0.1) is 11.6 Å². The smallest absolute Gasteiger partial charge is 0.387 e. The summed E-state index contributed by atoms with van der Waals surface area (Å²) in [6.07, 6.45) is 1.97. The Morgan fingerprint density at radius 1 is 1.15 bits per heavy atom. The van der Waals surface area contributed by atoms with Gasteiger partial charge in [-0.3, -0.25) is 9.59 Å². The van der Waals surface area contributed by atoms with Crippen LogP contribution >= 0.6 is 11.6 Å². The molecule has 10 heteroatoms. The van der Waals surface area contributed by atoms with E-state index in [0.717, 1.165) is 18.4 Å². The summed E-state index contributed by atoms with van der Waals surface area (Å²) in [5, 5.41) is 5.40. The van der Waals surface area contributed by atoms with Gasteiger partial charge in [0.05, 0.1) is 16.9 Å². The average Bonchev–Trinajstić information content (AvgIpc) is 3.29. The van der Waals surface area contributed by atoms with Crippen molar-refractivity contribution in [3.05, 3.63) is 29.8 Å². The third-order valence-electron chi connectivity index (χ3n) is 7.01. The molecule has 2 N–H and O–H groups in total. The Morgan fingerprint density at radius 2 is 1.88 bits per heavy atom. The van der Waals surface area contributed by atoms with Gasteiger partial charge in [-0.2, -0.15) is 8.78 Å². The first-order chi connectivity index (χ1) is 15.7. The van der Waals surface area contributed by atoms with Crippen molar-refractivity contribution in [2.45, 2.75) is 75.4 Å². The van der Waals surface area contributed by atoms with Crippen LogP contribution in [0.4, 0.5) is 13.2 Å². The molecule has 0 aromatic heterocycles. The van der Waals surface area contributed by atoms with Crippen molar-refractivity contribution in [2.75, 3.05) is 6.61 Å². The molecule has 3 unspecified atom stereocenters. The number of amides is 2. The summed E-state index contributed by atoms with van der Waals surface area (Å²) < 4.78 is 48.1. The van der Waals surface area contributed by atoms with Crippen LogP contribution in [0.25, 0.3) is 0 Å². The number of nitrogens with one attached hydrogen (secondary N) is 2. The third kappa shape index (κ3) is 5.74. The summed E-state index contributed by atoms with van der Waals surface area (Å²) in [7, 11) is 0. The molecule has 5 rings (SSSR count). The van der Waals surface area contributed by atoms with Crippen LogP contribution in [0.2, 0.25) is 0 Å². The van der Waals surface area contributed by atoms with Crippen LogP contribution in [0.1, 0.15) is 44.1 Å². The fourth-order valence-corrected chi connectivity index (χ4v) is 5.45. The van der Waals surface area contributed by atoms with Crippen LogP contribution in [-0.4, -0.2) is 48.7 Å². The number of benzene rings is 1. The van der Waals surface area contributed by atoms with Gasteiger partial charge in [0.2, 0.25) is 11.8 Å². The van der Waals surface area contributed by atoms with E-state index >= 15 is 0 Å². The predicted octanol–water partition coefficient (Wildman–Crippen LogP) is 3.70. The maximum atomic E-state index is 13.7. The molecule has 0 aliphatic heterocycles. The number of halogens is 4. The van der Waals surface area contributed by atoms with Gasteiger partial charge >= 0.3 is 6.61 Å². The summed E-state index contributed by atoms with van der Waals surface area (Å²) in [5.74, 6) is 0.00610. The van der Waals surface area contributed by atoms with Gasteiger partial charge in [0.15, 0.2) is 0 Å². The first-order valence-corrected chi connectivity index (χ1v) is 11.7. The van der Waals surface area contributed by atoms with Crippen LogP contribution in [0.15, 0.2) is 24.3 Å². The number of hydrogen-bond donors (Lipinski definition) is 2. The van der Waals surface area contributed by atoms with Crippen molar-refractivity contribution in [3.63, 3.8) is 0 Å². The lowest BCUT2D eigenvalue weighted by Gasteiger charge is -2.36. The van der Waals surface area contributed by atoms with Gasteiger partial charge in [-0.1, -0.05) is 12.1 Å². The molecule has 1 aromatic carbocycles. The number of alkyl halides is 4. The van der Waals surface area contributed by atoms with Crippen molar-refractivity contribution in [1.82, 2.24) is 10.6 Å². The van der Waals surface area contributed by atoms with Crippen molar-refractivity contribution < 1.29 is 32.2 Å². The molecule has 2 bridgehead atoms. The van der Waals surface area contributed by atoms with E-state index in [-0.39, 0.29) is 55.2 Å². The van der Waals surface area contributed by atoms with Crippen LogP contribution in [-0.2, 0) is 20.9 Å². The monoisotopic (exact) mass is 488 g/mol. The van der Waals surface area contributed by atoms with Gasteiger partial charge < -0.3 is 20.1 Å². The molecule has 33 heavy (non-hydrogen) atoms. The topological polar surface area (TPSA) is 76.7 Å². The number of fused-ring (bicyclic) bond motifs is 1. The molecule has 4 saturated carbocycles. The van der Waals surface area contributed by atoms with E-state index < -0.39 is 23.6 Å². The van der Waals surface area contributed by atoms with E-state index in [1.165, 1.54) is 12.1 Å². The zero-order valence-corrected chi connectivity index (χ0v) is 18.8. The van der Waals surface area contributed by atoms with Crippen molar-refractivity contribution >= 4 is 23.4 Å². The number of hydrogen-bond acceptors (Lipinski definition) is 4. The highest BCUT2D eigenvalue weighted by Gasteiger charge is 2.60. The van der Waals surface area contributed by atoms with Gasteiger partial charge in [-0.05, 0) is 55.7 Å². The lowest BCUT2D eigenvalue weighted by Crippen LogP contribution is -2.44. The first-order valence-electron chi connectivity index (χ1n) is 11.3. The fourth-order valence-electron chi connectivity index (χ4n) is 5.22. The molecule has 0 heterocycles. The van der Waals surface area contributed by atoms with Gasteiger partial charge in [-0.25, -0.2) is 4.39 Å². The highest BCUT2D eigenvalue weighted by molar-refractivity contribution is 6.21.